The molecular formula is C16H17ClIN3O2. The highest BCUT2D eigenvalue weighted by Gasteiger charge is 2.13. The summed E-state index contributed by atoms with van der Waals surface area (Å²) in [5, 5.41) is 3.71. The molecule has 0 fully saturated rings. The van der Waals surface area contributed by atoms with Crippen LogP contribution in [-0.2, 0) is 4.84 Å². The molecule has 2 rings (SSSR count). The van der Waals surface area contributed by atoms with Crippen molar-refractivity contribution in [2.75, 3.05) is 11.9 Å². The molecule has 7 heteroatoms. The summed E-state index contributed by atoms with van der Waals surface area (Å²) in [7, 11) is 0. The summed E-state index contributed by atoms with van der Waals surface area (Å²) in [6.45, 7) is 4.46. The molecule has 122 valence electrons. The number of amides is 1. The molecule has 1 amide bonds. The third kappa shape index (κ3) is 5.33. The minimum Gasteiger partial charge on any atom is -0.352 e. The largest absolute Gasteiger partial charge is 0.352 e. The van der Waals surface area contributed by atoms with Gasteiger partial charge in [-0.2, -0.15) is 0 Å². The summed E-state index contributed by atoms with van der Waals surface area (Å²) in [5.74, 6) is -0.00637. The van der Waals surface area contributed by atoms with Crippen LogP contribution >= 0.6 is 34.2 Å². The molecule has 0 unspecified atom stereocenters. The van der Waals surface area contributed by atoms with Crippen molar-refractivity contribution in [3.8, 4) is 0 Å². The molecule has 0 saturated heterocycles. The van der Waals surface area contributed by atoms with Crippen LogP contribution < -0.4 is 10.8 Å². The summed E-state index contributed by atoms with van der Waals surface area (Å²) in [5.41, 5.74) is 4.13. The lowest BCUT2D eigenvalue weighted by Crippen LogP contribution is -2.26. The summed E-state index contributed by atoms with van der Waals surface area (Å²) < 4.78 is 1.03. The second kappa shape index (κ2) is 8.47. The van der Waals surface area contributed by atoms with E-state index in [9.17, 15) is 4.79 Å². The molecule has 0 bridgehead atoms. The Kier molecular flexibility index (Phi) is 6.61. The van der Waals surface area contributed by atoms with E-state index in [0.29, 0.717) is 34.5 Å². The molecular weight excluding hydrogens is 429 g/mol. The zero-order chi connectivity index (χ0) is 16.8. The van der Waals surface area contributed by atoms with E-state index >= 15 is 0 Å². The lowest BCUT2D eigenvalue weighted by atomic mass is 10.2. The number of nitrogens with zero attached hydrogens (tertiary/aromatic N) is 1. The Bertz CT molecular complexity index is 695. The van der Waals surface area contributed by atoms with Gasteiger partial charge in [-0.3, -0.25) is 14.6 Å². The molecule has 0 aliphatic rings. The zero-order valence-electron chi connectivity index (χ0n) is 12.8. The van der Waals surface area contributed by atoms with E-state index in [1.165, 1.54) is 0 Å². The number of anilines is 2. The molecule has 23 heavy (non-hydrogen) atoms. The van der Waals surface area contributed by atoms with Crippen molar-refractivity contribution in [3.63, 3.8) is 0 Å². The van der Waals surface area contributed by atoms with Crippen molar-refractivity contribution < 1.29 is 9.63 Å². The van der Waals surface area contributed by atoms with Crippen LogP contribution in [0.5, 0.6) is 0 Å². The average Bonchev–Trinajstić information content (AvgIpc) is 2.50. The number of halogens is 2. The van der Waals surface area contributed by atoms with E-state index in [0.717, 1.165) is 3.57 Å². The highest BCUT2D eigenvalue weighted by atomic mass is 127. The van der Waals surface area contributed by atoms with Crippen molar-refractivity contribution in [2.24, 2.45) is 5.92 Å². The third-order valence-corrected chi connectivity index (χ3v) is 3.83. The van der Waals surface area contributed by atoms with Crippen LogP contribution in [0.25, 0.3) is 0 Å². The normalized spacial score (nSPS) is 10.7. The molecule has 5 nitrogen and oxygen atoms in total. The number of hydroxylamine groups is 1. The van der Waals surface area contributed by atoms with Crippen LogP contribution in [0.15, 0.2) is 36.7 Å². The fourth-order valence-corrected chi connectivity index (χ4v) is 2.66. The zero-order valence-corrected chi connectivity index (χ0v) is 15.7. The SMILES string of the molecule is CC(C)CONC(=O)c1ccncc1Nc1ccc(I)cc1Cl. The van der Waals surface area contributed by atoms with E-state index in [2.05, 4.69) is 38.4 Å². The third-order valence-electron chi connectivity index (χ3n) is 2.85. The van der Waals surface area contributed by atoms with Crippen LogP contribution in [0, 0.1) is 9.49 Å². The van der Waals surface area contributed by atoms with E-state index in [1.54, 1.807) is 18.5 Å². The van der Waals surface area contributed by atoms with Gasteiger partial charge in [-0.15, -0.1) is 0 Å². The Hall–Kier alpha value is -1.38. The second-order valence-corrected chi connectivity index (χ2v) is 6.96. The molecule has 1 aromatic carbocycles. The highest BCUT2D eigenvalue weighted by molar-refractivity contribution is 14.1. The first kappa shape index (κ1) is 18.0. The van der Waals surface area contributed by atoms with Crippen molar-refractivity contribution >= 4 is 51.5 Å². The lowest BCUT2D eigenvalue weighted by Gasteiger charge is -2.13. The second-order valence-electron chi connectivity index (χ2n) is 5.31. The van der Waals surface area contributed by atoms with Crippen molar-refractivity contribution in [1.29, 1.82) is 0 Å². The number of benzene rings is 1. The van der Waals surface area contributed by atoms with Gasteiger partial charge in [0.15, 0.2) is 0 Å². The van der Waals surface area contributed by atoms with Crippen LogP contribution in [0.2, 0.25) is 5.02 Å². The first-order chi connectivity index (χ1) is 11.0. The molecule has 1 heterocycles. The average molecular weight is 446 g/mol. The number of rotatable bonds is 6. The fraction of sp³-hybridized carbons (Fsp3) is 0.250. The van der Waals surface area contributed by atoms with Gasteiger partial charge in [-0.1, -0.05) is 25.4 Å². The minimum atomic E-state index is -0.336. The maximum atomic E-state index is 12.2. The number of aromatic nitrogens is 1. The van der Waals surface area contributed by atoms with E-state index in [1.807, 2.05) is 32.0 Å². The Labute approximate surface area is 153 Å². The standard InChI is InChI=1S/C16H17ClIN3O2/c1-10(2)9-23-21-16(22)12-5-6-19-8-15(12)20-14-4-3-11(18)7-13(14)17/h3-8,10,20H,9H2,1-2H3,(H,21,22). The number of hydrogen-bond acceptors (Lipinski definition) is 4. The van der Waals surface area contributed by atoms with E-state index in [-0.39, 0.29) is 5.91 Å². The van der Waals surface area contributed by atoms with Gasteiger partial charge in [0.1, 0.15) is 0 Å². The Morgan fingerprint density at radius 2 is 2.13 bits per heavy atom. The van der Waals surface area contributed by atoms with E-state index < -0.39 is 0 Å². The molecule has 0 spiro atoms. The first-order valence-corrected chi connectivity index (χ1v) is 8.51. The van der Waals surface area contributed by atoms with Crippen LogP contribution in [0.4, 0.5) is 11.4 Å². The van der Waals surface area contributed by atoms with Gasteiger partial charge >= 0.3 is 0 Å². The predicted octanol–water partition coefficient (Wildman–Crippen LogP) is 4.40. The Morgan fingerprint density at radius 1 is 1.35 bits per heavy atom. The molecule has 0 radical (unpaired) electrons. The number of pyridine rings is 1. The molecule has 0 aliphatic carbocycles. The summed E-state index contributed by atoms with van der Waals surface area (Å²) in [6.07, 6.45) is 3.13. The summed E-state index contributed by atoms with van der Waals surface area (Å²) >= 11 is 8.40. The molecule has 2 aromatic rings. The van der Waals surface area contributed by atoms with Gasteiger partial charge < -0.3 is 5.32 Å². The smallest absolute Gasteiger partial charge is 0.277 e. The van der Waals surface area contributed by atoms with Gasteiger partial charge in [0.2, 0.25) is 0 Å². The van der Waals surface area contributed by atoms with Gasteiger partial charge in [0.05, 0.1) is 34.8 Å². The predicted molar refractivity (Wildman–Crippen MR) is 99.9 cm³/mol. The topological polar surface area (TPSA) is 63.2 Å². The van der Waals surface area contributed by atoms with Gasteiger partial charge in [-0.25, -0.2) is 5.48 Å². The highest BCUT2D eigenvalue weighted by Crippen LogP contribution is 2.28. The number of carbonyl (C=O) groups excluding carboxylic acids is 1. The quantitative estimate of drug-likeness (QED) is 0.511. The lowest BCUT2D eigenvalue weighted by molar-refractivity contribution is 0.0209. The van der Waals surface area contributed by atoms with Crippen LogP contribution in [0.1, 0.15) is 24.2 Å². The van der Waals surface area contributed by atoms with Gasteiger partial charge in [0, 0.05) is 9.77 Å². The molecule has 2 N–H and O–H groups in total. The number of carbonyl (C=O) groups is 1. The Balaban J connectivity index is 2.15. The van der Waals surface area contributed by atoms with Crippen molar-refractivity contribution in [2.45, 2.75) is 13.8 Å². The van der Waals surface area contributed by atoms with Crippen LogP contribution in [-0.4, -0.2) is 17.5 Å². The maximum absolute atomic E-state index is 12.2. The monoisotopic (exact) mass is 445 g/mol. The molecule has 0 atom stereocenters. The fourth-order valence-electron chi connectivity index (χ4n) is 1.76. The van der Waals surface area contributed by atoms with E-state index in [4.69, 9.17) is 16.4 Å². The molecule has 1 aromatic heterocycles. The number of nitrogens with one attached hydrogen (secondary N) is 2. The maximum Gasteiger partial charge on any atom is 0.277 e. The van der Waals surface area contributed by atoms with Crippen LogP contribution in [0.3, 0.4) is 0 Å². The first-order valence-electron chi connectivity index (χ1n) is 7.05. The van der Waals surface area contributed by atoms with Crippen molar-refractivity contribution in [1.82, 2.24) is 10.5 Å². The molecule has 0 aliphatic heterocycles. The summed E-state index contributed by atoms with van der Waals surface area (Å²) in [6, 6.07) is 7.24. The minimum absolute atomic E-state index is 0.330. The molecule has 0 saturated carbocycles. The Morgan fingerprint density at radius 3 is 2.83 bits per heavy atom. The van der Waals surface area contributed by atoms with Gasteiger partial charge in [0.25, 0.3) is 5.91 Å². The van der Waals surface area contributed by atoms with Crippen molar-refractivity contribution in [3.05, 3.63) is 50.8 Å². The number of hydrogen-bond donors (Lipinski definition) is 2. The summed E-state index contributed by atoms with van der Waals surface area (Å²) in [4.78, 5) is 21.5. The van der Waals surface area contributed by atoms with Gasteiger partial charge in [-0.05, 0) is 52.8 Å².